The Balaban J connectivity index is 1.46. The number of hydrogen-bond donors (Lipinski definition) is 0. The maximum Gasteiger partial charge on any atom is -0.0238 e. The molecule has 0 bridgehead atoms. The van der Waals surface area contributed by atoms with Crippen LogP contribution in [0.1, 0.15) is 60.1 Å². The molecule has 0 aliphatic carbocycles. The first-order valence-electron chi connectivity index (χ1n) is 11.0. The lowest BCUT2D eigenvalue weighted by Gasteiger charge is -2.07. The van der Waals surface area contributed by atoms with Crippen LogP contribution in [-0.2, 0) is 38.5 Å². The molecular formula is C28H34. The summed E-state index contributed by atoms with van der Waals surface area (Å²) in [7, 11) is 0. The van der Waals surface area contributed by atoms with Crippen LogP contribution in [0, 0.1) is 0 Å². The third-order valence-corrected chi connectivity index (χ3v) is 5.55. The fourth-order valence-electron chi connectivity index (χ4n) is 3.77. The zero-order valence-electron chi connectivity index (χ0n) is 17.6. The molecule has 3 rings (SSSR count). The van der Waals surface area contributed by atoms with Crippen LogP contribution >= 0.6 is 0 Å². The minimum absolute atomic E-state index is 1.12. The molecule has 0 heteroatoms. The summed E-state index contributed by atoms with van der Waals surface area (Å²) in [5, 5.41) is 0. The summed E-state index contributed by atoms with van der Waals surface area (Å²) in [6.07, 6.45) is 9.28. The minimum atomic E-state index is 1.12. The van der Waals surface area contributed by atoms with Crippen LogP contribution in [0.25, 0.3) is 0 Å². The average Bonchev–Trinajstić information content (AvgIpc) is 2.74. The maximum absolute atomic E-state index is 2.31. The maximum atomic E-state index is 2.31. The third-order valence-electron chi connectivity index (χ3n) is 5.55. The molecule has 0 aromatic heterocycles. The Bertz CT molecular complexity index is 735. The molecule has 146 valence electrons. The Morgan fingerprint density at radius 2 is 0.500 bits per heavy atom. The summed E-state index contributed by atoms with van der Waals surface area (Å²) in [5.41, 5.74) is 8.66. The quantitative estimate of drug-likeness (QED) is 0.355. The predicted octanol–water partition coefficient (Wildman–Crippen LogP) is 7.16. The lowest BCUT2D eigenvalue weighted by molar-refractivity contribution is 0.911. The van der Waals surface area contributed by atoms with Crippen molar-refractivity contribution in [2.75, 3.05) is 0 Å². The third kappa shape index (κ3) is 6.37. The fraction of sp³-hybridized carbons (Fsp3) is 0.357. The molecule has 0 amide bonds. The summed E-state index contributed by atoms with van der Waals surface area (Å²) in [6, 6.07) is 27.6. The van der Waals surface area contributed by atoms with Gasteiger partial charge in [-0.2, -0.15) is 0 Å². The van der Waals surface area contributed by atoms with Gasteiger partial charge in [0.05, 0.1) is 0 Å². The van der Waals surface area contributed by atoms with Gasteiger partial charge in [0.15, 0.2) is 0 Å². The molecule has 0 heterocycles. The summed E-state index contributed by atoms with van der Waals surface area (Å²) in [6.45, 7) is 4.47. The van der Waals surface area contributed by atoms with E-state index < -0.39 is 0 Å². The Morgan fingerprint density at radius 1 is 0.321 bits per heavy atom. The van der Waals surface area contributed by atoms with Gasteiger partial charge in [-0.15, -0.1) is 0 Å². The first-order chi connectivity index (χ1) is 13.8. The highest BCUT2D eigenvalue weighted by Crippen LogP contribution is 2.14. The number of benzene rings is 3. The zero-order valence-corrected chi connectivity index (χ0v) is 17.6. The summed E-state index contributed by atoms with van der Waals surface area (Å²) < 4.78 is 0. The van der Waals surface area contributed by atoms with Gasteiger partial charge in [-0.3, -0.25) is 0 Å². The molecule has 0 atom stereocenters. The molecule has 28 heavy (non-hydrogen) atoms. The second-order valence-corrected chi connectivity index (χ2v) is 7.95. The number of rotatable bonds is 10. The molecule has 0 unspecified atom stereocenters. The van der Waals surface area contributed by atoms with E-state index >= 15 is 0 Å². The van der Waals surface area contributed by atoms with E-state index in [1.54, 1.807) is 0 Å². The zero-order chi connectivity index (χ0) is 19.6. The molecule has 0 radical (unpaired) electrons. The van der Waals surface area contributed by atoms with Gasteiger partial charge in [-0.05, 0) is 71.9 Å². The van der Waals surface area contributed by atoms with Crippen molar-refractivity contribution in [1.29, 1.82) is 0 Å². The van der Waals surface area contributed by atoms with E-state index in [0.29, 0.717) is 0 Å². The molecule has 0 aliphatic heterocycles. The van der Waals surface area contributed by atoms with Crippen molar-refractivity contribution in [3.8, 4) is 0 Å². The van der Waals surface area contributed by atoms with Crippen molar-refractivity contribution < 1.29 is 0 Å². The standard InChI is InChI=1S/C28H34/c1-3-5-23-7-11-25(12-8-23)15-17-27-19-21-28(22-20-27)18-16-26-13-9-24(6-4-2)10-14-26/h7-14,19-22H,3-6,15-18H2,1-2H3. The second-order valence-electron chi connectivity index (χ2n) is 7.95. The Hall–Kier alpha value is -2.34. The SMILES string of the molecule is CCCc1ccc(CCc2ccc(CCc3ccc(CCC)cc3)cc2)cc1. The van der Waals surface area contributed by atoms with Crippen molar-refractivity contribution in [2.24, 2.45) is 0 Å². The van der Waals surface area contributed by atoms with Crippen LogP contribution in [0.3, 0.4) is 0 Å². The van der Waals surface area contributed by atoms with Crippen molar-refractivity contribution >= 4 is 0 Å². The first kappa shape index (κ1) is 20.4. The molecular weight excluding hydrogens is 336 g/mol. The molecule has 0 aliphatic rings. The van der Waals surface area contributed by atoms with Crippen LogP contribution in [0.15, 0.2) is 72.8 Å². The molecule has 0 N–H and O–H groups in total. The van der Waals surface area contributed by atoms with Crippen LogP contribution < -0.4 is 0 Å². The Labute approximate surface area is 171 Å². The van der Waals surface area contributed by atoms with Crippen molar-refractivity contribution in [3.63, 3.8) is 0 Å². The second kappa shape index (κ2) is 10.9. The van der Waals surface area contributed by atoms with Gasteiger partial charge in [-0.25, -0.2) is 0 Å². The van der Waals surface area contributed by atoms with Crippen molar-refractivity contribution in [2.45, 2.75) is 65.2 Å². The largest absolute Gasteiger partial charge is 0.0651 e. The van der Waals surface area contributed by atoms with Crippen LogP contribution in [0.4, 0.5) is 0 Å². The topological polar surface area (TPSA) is 0 Å². The fourth-order valence-corrected chi connectivity index (χ4v) is 3.77. The molecule has 0 fully saturated rings. The summed E-state index contributed by atoms with van der Waals surface area (Å²) in [4.78, 5) is 0. The highest BCUT2D eigenvalue weighted by molar-refractivity contribution is 5.28. The van der Waals surface area contributed by atoms with E-state index in [2.05, 4.69) is 86.6 Å². The predicted molar refractivity (Wildman–Crippen MR) is 122 cm³/mol. The van der Waals surface area contributed by atoms with Crippen LogP contribution in [0.2, 0.25) is 0 Å². The average molecular weight is 371 g/mol. The smallest absolute Gasteiger partial charge is 0.0238 e. The van der Waals surface area contributed by atoms with Crippen molar-refractivity contribution in [1.82, 2.24) is 0 Å². The van der Waals surface area contributed by atoms with Crippen molar-refractivity contribution in [3.05, 3.63) is 106 Å². The van der Waals surface area contributed by atoms with Gasteiger partial charge in [-0.1, -0.05) is 99.5 Å². The van der Waals surface area contributed by atoms with E-state index in [4.69, 9.17) is 0 Å². The van der Waals surface area contributed by atoms with E-state index in [-0.39, 0.29) is 0 Å². The monoisotopic (exact) mass is 370 g/mol. The lowest BCUT2D eigenvalue weighted by Crippen LogP contribution is -1.95. The van der Waals surface area contributed by atoms with Gasteiger partial charge in [0.2, 0.25) is 0 Å². The molecule has 3 aromatic carbocycles. The number of hydrogen-bond acceptors (Lipinski definition) is 0. The van der Waals surface area contributed by atoms with Gasteiger partial charge < -0.3 is 0 Å². The lowest BCUT2D eigenvalue weighted by atomic mass is 9.99. The summed E-state index contributed by atoms with van der Waals surface area (Å²) >= 11 is 0. The van der Waals surface area contributed by atoms with Crippen LogP contribution in [-0.4, -0.2) is 0 Å². The summed E-state index contributed by atoms with van der Waals surface area (Å²) in [5.74, 6) is 0. The molecule has 3 aromatic rings. The van der Waals surface area contributed by atoms with E-state index in [0.717, 1.165) is 25.7 Å². The Kier molecular flexibility index (Phi) is 7.91. The molecule has 0 saturated heterocycles. The van der Waals surface area contributed by atoms with E-state index in [1.807, 2.05) is 0 Å². The van der Waals surface area contributed by atoms with Gasteiger partial charge in [0.25, 0.3) is 0 Å². The number of aryl methyl sites for hydroxylation is 6. The van der Waals surface area contributed by atoms with E-state index in [9.17, 15) is 0 Å². The minimum Gasteiger partial charge on any atom is -0.0651 e. The first-order valence-corrected chi connectivity index (χ1v) is 11.0. The van der Waals surface area contributed by atoms with Crippen LogP contribution in [0.5, 0.6) is 0 Å². The normalized spacial score (nSPS) is 10.9. The highest BCUT2D eigenvalue weighted by atomic mass is 14.1. The molecule has 0 saturated carbocycles. The van der Waals surface area contributed by atoms with Gasteiger partial charge in [0.1, 0.15) is 0 Å². The highest BCUT2D eigenvalue weighted by Gasteiger charge is 2.00. The van der Waals surface area contributed by atoms with Gasteiger partial charge >= 0.3 is 0 Å². The molecule has 0 nitrogen and oxygen atoms in total. The Morgan fingerprint density at radius 3 is 0.679 bits per heavy atom. The van der Waals surface area contributed by atoms with E-state index in [1.165, 1.54) is 59.1 Å². The molecule has 0 spiro atoms. The van der Waals surface area contributed by atoms with Gasteiger partial charge in [0, 0.05) is 0 Å².